The first-order valence-corrected chi connectivity index (χ1v) is 8.40. The summed E-state index contributed by atoms with van der Waals surface area (Å²) in [6.07, 6.45) is 1.20. The Morgan fingerprint density at radius 3 is 2.40 bits per heavy atom. The summed E-state index contributed by atoms with van der Waals surface area (Å²) in [6.45, 7) is 2.00. The molecule has 3 rings (SSSR count). The topological polar surface area (TPSA) is 64.6 Å². The zero-order valence-electron chi connectivity index (χ0n) is 14.1. The highest BCUT2D eigenvalue weighted by Crippen LogP contribution is 2.19. The number of carbonyl (C=O) groups is 2. The van der Waals surface area contributed by atoms with Crippen molar-refractivity contribution in [3.05, 3.63) is 65.7 Å². The fourth-order valence-corrected chi connectivity index (χ4v) is 2.25. The van der Waals surface area contributed by atoms with Gasteiger partial charge in [0.25, 0.3) is 5.91 Å². The largest absolute Gasteiger partial charge is 0.489 e. The quantitative estimate of drug-likeness (QED) is 0.787. The van der Waals surface area contributed by atoms with E-state index in [1.807, 2.05) is 42.5 Å². The highest BCUT2D eigenvalue weighted by atomic mass is 16.5. The Labute approximate surface area is 147 Å². The van der Waals surface area contributed by atoms with Crippen molar-refractivity contribution >= 4 is 11.9 Å². The van der Waals surface area contributed by atoms with Gasteiger partial charge in [-0.3, -0.25) is 4.79 Å². The van der Waals surface area contributed by atoms with Crippen LogP contribution in [-0.2, 0) is 16.1 Å². The molecular formula is C20H21NO4. The first kappa shape index (κ1) is 17.0. The van der Waals surface area contributed by atoms with Crippen LogP contribution < -0.4 is 10.1 Å². The zero-order valence-corrected chi connectivity index (χ0v) is 14.1. The maximum absolute atomic E-state index is 12.1. The first-order chi connectivity index (χ1) is 12.1. The maximum Gasteiger partial charge on any atom is 0.338 e. The van der Waals surface area contributed by atoms with E-state index in [2.05, 4.69) is 5.32 Å². The average molecular weight is 339 g/mol. The molecule has 0 saturated heterocycles. The van der Waals surface area contributed by atoms with Crippen molar-refractivity contribution in [2.24, 2.45) is 0 Å². The molecule has 0 bridgehead atoms. The second-order valence-electron chi connectivity index (χ2n) is 6.13. The first-order valence-electron chi connectivity index (χ1n) is 8.40. The molecule has 0 unspecified atom stereocenters. The fraction of sp³-hybridized carbons (Fsp3) is 0.300. The van der Waals surface area contributed by atoms with E-state index in [1.165, 1.54) is 0 Å². The second kappa shape index (κ2) is 7.83. The van der Waals surface area contributed by atoms with Gasteiger partial charge in [0.05, 0.1) is 5.56 Å². The van der Waals surface area contributed by atoms with Crippen LogP contribution in [0.25, 0.3) is 0 Å². The minimum atomic E-state index is -0.797. The SMILES string of the molecule is C[C@@H](OC(=O)c1ccc(COc2ccccc2)cc1)C(=O)NC1CC1. The van der Waals surface area contributed by atoms with E-state index >= 15 is 0 Å². The van der Waals surface area contributed by atoms with E-state index in [-0.39, 0.29) is 11.9 Å². The molecule has 5 heteroatoms. The van der Waals surface area contributed by atoms with Crippen molar-refractivity contribution < 1.29 is 19.1 Å². The van der Waals surface area contributed by atoms with Crippen molar-refractivity contribution in [3.8, 4) is 5.75 Å². The normalized spacial score (nSPS) is 14.4. The molecule has 5 nitrogen and oxygen atoms in total. The van der Waals surface area contributed by atoms with E-state index < -0.39 is 12.1 Å². The maximum atomic E-state index is 12.1. The summed E-state index contributed by atoms with van der Waals surface area (Å²) in [4.78, 5) is 23.9. The lowest BCUT2D eigenvalue weighted by Crippen LogP contribution is -2.37. The van der Waals surface area contributed by atoms with Crippen LogP contribution in [0.4, 0.5) is 0 Å². The number of para-hydroxylation sites is 1. The number of ether oxygens (including phenoxy) is 2. The molecule has 1 amide bonds. The minimum Gasteiger partial charge on any atom is -0.489 e. The van der Waals surface area contributed by atoms with Gasteiger partial charge in [-0.25, -0.2) is 4.79 Å². The van der Waals surface area contributed by atoms with E-state index in [1.54, 1.807) is 19.1 Å². The number of carbonyl (C=O) groups excluding carboxylic acids is 2. The molecular weight excluding hydrogens is 318 g/mol. The molecule has 2 aromatic rings. The molecule has 1 atom stereocenters. The summed E-state index contributed by atoms with van der Waals surface area (Å²) in [7, 11) is 0. The number of esters is 1. The lowest BCUT2D eigenvalue weighted by Gasteiger charge is -2.13. The molecule has 1 saturated carbocycles. The standard InChI is InChI=1S/C20H21NO4/c1-14(19(22)21-17-11-12-17)25-20(23)16-9-7-15(8-10-16)13-24-18-5-3-2-4-6-18/h2-10,14,17H,11-13H2,1H3,(H,21,22)/t14-/m1/s1. The molecule has 1 aliphatic carbocycles. The number of rotatable bonds is 7. The van der Waals surface area contributed by atoms with E-state index in [4.69, 9.17) is 9.47 Å². The van der Waals surface area contributed by atoms with Crippen molar-refractivity contribution in [2.45, 2.75) is 38.5 Å². The van der Waals surface area contributed by atoms with Crippen LogP contribution in [0.3, 0.4) is 0 Å². The average Bonchev–Trinajstić information content (AvgIpc) is 3.45. The Balaban J connectivity index is 1.50. The predicted molar refractivity (Wildman–Crippen MR) is 93.3 cm³/mol. The van der Waals surface area contributed by atoms with Crippen molar-refractivity contribution in [1.82, 2.24) is 5.32 Å². The smallest absolute Gasteiger partial charge is 0.338 e. The van der Waals surface area contributed by atoms with Gasteiger partial charge < -0.3 is 14.8 Å². The van der Waals surface area contributed by atoms with Crippen LogP contribution in [0.15, 0.2) is 54.6 Å². The monoisotopic (exact) mass is 339 g/mol. The summed E-state index contributed by atoms with van der Waals surface area (Å²) in [5.74, 6) is 0.0409. The number of hydrogen-bond donors (Lipinski definition) is 1. The third-order valence-corrected chi connectivity index (χ3v) is 3.92. The number of benzene rings is 2. The van der Waals surface area contributed by atoms with Gasteiger partial charge in [0, 0.05) is 6.04 Å². The lowest BCUT2D eigenvalue weighted by atomic mass is 10.1. The van der Waals surface area contributed by atoms with E-state index in [9.17, 15) is 9.59 Å². The Bertz CT molecular complexity index is 723. The molecule has 0 aromatic heterocycles. The highest BCUT2D eigenvalue weighted by molar-refractivity contribution is 5.92. The second-order valence-corrected chi connectivity index (χ2v) is 6.13. The number of amides is 1. The van der Waals surface area contributed by atoms with E-state index in [0.717, 1.165) is 24.2 Å². The van der Waals surface area contributed by atoms with Crippen LogP contribution in [0, 0.1) is 0 Å². The van der Waals surface area contributed by atoms with Gasteiger partial charge in [-0.2, -0.15) is 0 Å². The molecule has 1 fully saturated rings. The Kier molecular flexibility index (Phi) is 5.33. The van der Waals surface area contributed by atoms with Crippen LogP contribution in [0.5, 0.6) is 5.75 Å². The van der Waals surface area contributed by atoms with Crippen molar-refractivity contribution in [3.63, 3.8) is 0 Å². The summed E-state index contributed by atoms with van der Waals surface area (Å²) < 4.78 is 10.9. The molecule has 0 aliphatic heterocycles. The molecule has 2 aromatic carbocycles. The molecule has 0 heterocycles. The summed E-state index contributed by atoms with van der Waals surface area (Å²) >= 11 is 0. The van der Waals surface area contributed by atoms with Crippen LogP contribution in [-0.4, -0.2) is 24.0 Å². The van der Waals surface area contributed by atoms with Gasteiger partial charge in [0.2, 0.25) is 0 Å². The molecule has 0 radical (unpaired) electrons. The molecule has 1 aliphatic rings. The van der Waals surface area contributed by atoms with Gasteiger partial charge in [-0.1, -0.05) is 30.3 Å². The molecule has 130 valence electrons. The Morgan fingerprint density at radius 2 is 1.76 bits per heavy atom. The van der Waals surface area contributed by atoms with Gasteiger partial charge in [-0.05, 0) is 49.6 Å². The number of nitrogens with one attached hydrogen (secondary N) is 1. The molecule has 1 N–H and O–H groups in total. The molecule has 25 heavy (non-hydrogen) atoms. The predicted octanol–water partition coefficient (Wildman–Crippen LogP) is 3.09. The molecule has 0 spiro atoms. The Morgan fingerprint density at radius 1 is 1.08 bits per heavy atom. The lowest BCUT2D eigenvalue weighted by molar-refractivity contribution is -0.129. The van der Waals surface area contributed by atoms with Crippen molar-refractivity contribution in [1.29, 1.82) is 0 Å². The van der Waals surface area contributed by atoms with Crippen LogP contribution in [0.2, 0.25) is 0 Å². The van der Waals surface area contributed by atoms with Gasteiger partial charge >= 0.3 is 5.97 Å². The van der Waals surface area contributed by atoms with Crippen LogP contribution in [0.1, 0.15) is 35.7 Å². The van der Waals surface area contributed by atoms with Gasteiger partial charge in [0.1, 0.15) is 12.4 Å². The zero-order chi connectivity index (χ0) is 17.6. The summed E-state index contributed by atoms with van der Waals surface area (Å²) in [5, 5.41) is 2.82. The van der Waals surface area contributed by atoms with Crippen LogP contribution >= 0.6 is 0 Å². The van der Waals surface area contributed by atoms with Gasteiger partial charge in [0.15, 0.2) is 6.10 Å². The van der Waals surface area contributed by atoms with Gasteiger partial charge in [-0.15, -0.1) is 0 Å². The Hall–Kier alpha value is -2.82. The highest BCUT2D eigenvalue weighted by Gasteiger charge is 2.27. The summed E-state index contributed by atoms with van der Waals surface area (Å²) in [6, 6.07) is 16.8. The number of hydrogen-bond acceptors (Lipinski definition) is 4. The minimum absolute atomic E-state index is 0.247. The fourth-order valence-electron chi connectivity index (χ4n) is 2.25. The third kappa shape index (κ3) is 5.08. The third-order valence-electron chi connectivity index (χ3n) is 3.92. The summed E-state index contributed by atoms with van der Waals surface area (Å²) in [5.41, 5.74) is 1.36. The van der Waals surface area contributed by atoms with Crippen molar-refractivity contribution in [2.75, 3.05) is 0 Å². The van der Waals surface area contributed by atoms with E-state index in [0.29, 0.717) is 12.2 Å².